The van der Waals surface area contributed by atoms with Gasteiger partial charge in [-0.25, -0.2) is 0 Å². The number of hydrogen-bond donors (Lipinski definition) is 1. The van der Waals surface area contributed by atoms with Crippen molar-refractivity contribution in [3.8, 4) is 5.75 Å². The van der Waals surface area contributed by atoms with Gasteiger partial charge in [-0.1, -0.05) is 24.6 Å². The van der Waals surface area contributed by atoms with Crippen molar-refractivity contribution in [3.63, 3.8) is 0 Å². The third-order valence-electron chi connectivity index (χ3n) is 3.96. The van der Waals surface area contributed by atoms with Gasteiger partial charge in [-0.15, -0.1) is 0 Å². The number of nitrogens with one attached hydrogen (secondary N) is 1. The van der Waals surface area contributed by atoms with Crippen LogP contribution in [0.5, 0.6) is 5.75 Å². The monoisotopic (exact) mass is 281 g/mol. The highest BCUT2D eigenvalue weighted by Gasteiger charge is 2.34. The molecule has 1 aromatic rings. The van der Waals surface area contributed by atoms with E-state index in [1.807, 2.05) is 12.1 Å². The van der Waals surface area contributed by atoms with Crippen LogP contribution in [0.3, 0.4) is 0 Å². The number of rotatable bonds is 4. The van der Waals surface area contributed by atoms with Crippen molar-refractivity contribution in [2.24, 2.45) is 5.41 Å². The Morgan fingerprint density at radius 1 is 1.47 bits per heavy atom. The molecular weight excluding hydrogens is 262 g/mol. The lowest BCUT2D eigenvalue weighted by atomic mass is 9.90. The molecule has 2 aliphatic rings. The zero-order chi connectivity index (χ0) is 13.3. The van der Waals surface area contributed by atoms with Gasteiger partial charge in [0.15, 0.2) is 0 Å². The van der Waals surface area contributed by atoms with Crippen LogP contribution in [0.15, 0.2) is 18.2 Å². The smallest absolute Gasteiger partial charge is 0.137 e. The van der Waals surface area contributed by atoms with Gasteiger partial charge >= 0.3 is 0 Å². The Hall–Kier alpha value is -0.770. The summed E-state index contributed by atoms with van der Waals surface area (Å²) in [6, 6.07) is 6.19. The molecule has 0 bridgehead atoms. The average molecular weight is 282 g/mol. The Balaban J connectivity index is 1.65. The molecule has 1 aromatic carbocycles. The van der Waals surface area contributed by atoms with Crippen molar-refractivity contribution < 1.29 is 9.47 Å². The molecule has 0 spiro atoms. The summed E-state index contributed by atoms with van der Waals surface area (Å²) in [4.78, 5) is 0. The zero-order valence-corrected chi connectivity index (χ0v) is 12.0. The quantitative estimate of drug-likeness (QED) is 0.921. The second-order valence-corrected chi connectivity index (χ2v) is 6.38. The van der Waals surface area contributed by atoms with Crippen LogP contribution in [0.1, 0.15) is 24.8 Å². The number of ether oxygens (including phenoxy) is 2. The van der Waals surface area contributed by atoms with E-state index in [1.54, 1.807) is 0 Å². The minimum absolute atomic E-state index is 0.150. The summed E-state index contributed by atoms with van der Waals surface area (Å²) < 4.78 is 11.1. The van der Waals surface area contributed by atoms with Crippen LogP contribution in [0.2, 0.25) is 5.02 Å². The summed E-state index contributed by atoms with van der Waals surface area (Å²) in [5.74, 6) is 1.37. The van der Waals surface area contributed by atoms with Gasteiger partial charge < -0.3 is 14.8 Å². The maximum absolute atomic E-state index is 6.32. The van der Waals surface area contributed by atoms with Gasteiger partial charge in [0.05, 0.1) is 24.8 Å². The number of benzene rings is 1. The maximum atomic E-state index is 6.32. The Kier molecular flexibility index (Phi) is 3.70. The normalized spacial score (nSPS) is 25.1. The minimum atomic E-state index is 0.150. The molecule has 3 rings (SSSR count). The summed E-state index contributed by atoms with van der Waals surface area (Å²) in [6.45, 7) is 6.53. The van der Waals surface area contributed by atoms with Gasteiger partial charge in [0, 0.05) is 12.0 Å². The van der Waals surface area contributed by atoms with Crippen molar-refractivity contribution in [3.05, 3.63) is 28.8 Å². The largest absolute Gasteiger partial charge is 0.491 e. The van der Waals surface area contributed by atoms with E-state index in [9.17, 15) is 0 Å². The lowest BCUT2D eigenvalue weighted by Crippen LogP contribution is -2.44. The first-order valence-corrected chi connectivity index (χ1v) is 7.25. The van der Waals surface area contributed by atoms with Crippen LogP contribution < -0.4 is 10.1 Å². The fourth-order valence-corrected chi connectivity index (χ4v) is 2.86. The van der Waals surface area contributed by atoms with E-state index in [2.05, 4.69) is 18.3 Å². The second-order valence-electron chi connectivity index (χ2n) is 5.97. The Bertz CT molecular complexity index is 453. The first kappa shape index (κ1) is 13.2. The fourth-order valence-electron chi connectivity index (χ4n) is 2.61. The van der Waals surface area contributed by atoms with Crippen molar-refractivity contribution in [1.29, 1.82) is 0 Å². The standard InChI is InChI=1S/C15H20ClNO2/c1-15(8-18-9-15)10-19-14-3-2-11(6-13(14)16)12-4-5-17-7-12/h2-3,6,12,17H,4-5,7-10H2,1H3. The van der Waals surface area contributed by atoms with E-state index < -0.39 is 0 Å². The summed E-state index contributed by atoms with van der Waals surface area (Å²) >= 11 is 6.32. The minimum Gasteiger partial charge on any atom is -0.491 e. The SMILES string of the molecule is CC1(COc2ccc(C3CCNC3)cc2Cl)COC1. The summed E-state index contributed by atoms with van der Waals surface area (Å²) in [6.07, 6.45) is 1.19. The molecule has 0 aromatic heterocycles. The molecule has 104 valence electrons. The molecule has 0 saturated carbocycles. The van der Waals surface area contributed by atoms with E-state index in [0.717, 1.165) is 32.1 Å². The fraction of sp³-hybridized carbons (Fsp3) is 0.600. The topological polar surface area (TPSA) is 30.5 Å². The number of halogens is 1. The van der Waals surface area contributed by atoms with Crippen molar-refractivity contribution in [1.82, 2.24) is 5.32 Å². The first-order chi connectivity index (χ1) is 9.16. The predicted molar refractivity (Wildman–Crippen MR) is 76.1 cm³/mol. The van der Waals surface area contributed by atoms with E-state index in [-0.39, 0.29) is 5.41 Å². The highest BCUT2D eigenvalue weighted by molar-refractivity contribution is 6.32. The predicted octanol–water partition coefficient (Wildman–Crippen LogP) is 2.83. The average Bonchev–Trinajstić information content (AvgIpc) is 2.89. The first-order valence-electron chi connectivity index (χ1n) is 6.87. The molecule has 4 heteroatoms. The molecule has 1 unspecified atom stereocenters. The highest BCUT2D eigenvalue weighted by Crippen LogP contribution is 2.33. The summed E-state index contributed by atoms with van der Waals surface area (Å²) in [5, 5.41) is 4.09. The Morgan fingerprint density at radius 2 is 2.32 bits per heavy atom. The molecule has 0 aliphatic carbocycles. The van der Waals surface area contributed by atoms with Crippen molar-refractivity contribution in [2.75, 3.05) is 32.9 Å². The molecule has 2 saturated heterocycles. The van der Waals surface area contributed by atoms with Crippen LogP contribution in [-0.4, -0.2) is 32.9 Å². The molecule has 0 radical (unpaired) electrons. The van der Waals surface area contributed by atoms with Crippen molar-refractivity contribution >= 4 is 11.6 Å². The Labute approximate surface area is 119 Å². The third kappa shape index (κ3) is 2.88. The Morgan fingerprint density at radius 3 is 2.89 bits per heavy atom. The lowest BCUT2D eigenvalue weighted by molar-refractivity contribution is -0.120. The van der Waals surface area contributed by atoms with Crippen LogP contribution in [0.25, 0.3) is 0 Å². The van der Waals surface area contributed by atoms with Crippen LogP contribution >= 0.6 is 11.6 Å². The zero-order valence-electron chi connectivity index (χ0n) is 11.2. The van der Waals surface area contributed by atoms with Gasteiger partial charge in [0.25, 0.3) is 0 Å². The van der Waals surface area contributed by atoms with Gasteiger partial charge in [-0.05, 0) is 36.6 Å². The van der Waals surface area contributed by atoms with Gasteiger partial charge in [0.1, 0.15) is 5.75 Å². The van der Waals surface area contributed by atoms with E-state index in [0.29, 0.717) is 17.5 Å². The van der Waals surface area contributed by atoms with Gasteiger partial charge in [0.2, 0.25) is 0 Å². The van der Waals surface area contributed by atoms with E-state index >= 15 is 0 Å². The second kappa shape index (κ2) is 5.31. The maximum Gasteiger partial charge on any atom is 0.137 e. The van der Waals surface area contributed by atoms with Crippen LogP contribution in [-0.2, 0) is 4.74 Å². The third-order valence-corrected chi connectivity index (χ3v) is 4.26. The van der Waals surface area contributed by atoms with Crippen LogP contribution in [0, 0.1) is 5.41 Å². The molecule has 2 heterocycles. The molecule has 2 fully saturated rings. The number of hydrogen-bond acceptors (Lipinski definition) is 3. The van der Waals surface area contributed by atoms with E-state index in [1.165, 1.54) is 12.0 Å². The lowest BCUT2D eigenvalue weighted by Gasteiger charge is -2.37. The molecule has 1 N–H and O–H groups in total. The summed E-state index contributed by atoms with van der Waals surface area (Å²) in [7, 11) is 0. The molecule has 2 aliphatic heterocycles. The molecule has 3 nitrogen and oxygen atoms in total. The van der Waals surface area contributed by atoms with E-state index in [4.69, 9.17) is 21.1 Å². The van der Waals surface area contributed by atoms with Gasteiger partial charge in [-0.2, -0.15) is 0 Å². The summed E-state index contributed by atoms with van der Waals surface area (Å²) in [5.41, 5.74) is 1.46. The molecule has 0 amide bonds. The van der Waals surface area contributed by atoms with Crippen molar-refractivity contribution in [2.45, 2.75) is 19.3 Å². The molecule has 1 atom stereocenters. The van der Waals surface area contributed by atoms with Gasteiger partial charge in [-0.3, -0.25) is 0 Å². The molecule has 19 heavy (non-hydrogen) atoms. The highest BCUT2D eigenvalue weighted by atomic mass is 35.5. The molecular formula is C15H20ClNO2. The van der Waals surface area contributed by atoms with Crippen LogP contribution in [0.4, 0.5) is 0 Å².